The van der Waals surface area contributed by atoms with Crippen LogP contribution in [0.15, 0.2) is 84.9 Å². The van der Waals surface area contributed by atoms with Crippen LogP contribution in [0.4, 0.5) is 5.69 Å². The van der Waals surface area contributed by atoms with Crippen LogP contribution in [-0.2, 0) is 11.4 Å². The quantitative estimate of drug-likeness (QED) is 0.363. The molecule has 0 spiro atoms. The van der Waals surface area contributed by atoms with Crippen molar-refractivity contribution in [2.45, 2.75) is 71.8 Å². The highest BCUT2D eigenvalue weighted by Gasteiger charge is 2.19. The molecule has 1 aliphatic heterocycles. The topological polar surface area (TPSA) is 41.6 Å². The van der Waals surface area contributed by atoms with E-state index in [0.717, 1.165) is 25.1 Å². The van der Waals surface area contributed by atoms with Crippen molar-refractivity contribution in [2.75, 3.05) is 24.5 Å². The molecule has 0 atom stereocenters. The zero-order valence-electron chi connectivity index (χ0n) is 23.4. The molecule has 4 nitrogen and oxygen atoms in total. The number of hydrogen-bond donors (Lipinski definition) is 1. The van der Waals surface area contributed by atoms with E-state index < -0.39 is 0 Å². The number of carbonyl (C=O) groups is 1. The van der Waals surface area contributed by atoms with E-state index in [-0.39, 0.29) is 5.91 Å². The zero-order valence-corrected chi connectivity index (χ0v) is 23.4. The predicted octanol–water partition coefficient (Wildman–Crippen LogP) is 7.95. The molecule has 2 aliphatic rings. The standard InChI is InChI=1S/C19H23NO.C9H17NO.C6H6/c1-16-5-7-17(8-6-16)15-21-19-11-9-18(10-12-19)20-13-3-2-4-14-20;1-2-10-9(11)8-6-4-3-5-7-8;1-2-4-6-5-3-1/h5-12H,2-4,13-15H2,1H3;8H,2-7H2,1H3,(H,10,11);1-6H. The Morgan fingerprint density at radius 3 is 1.89 bits per heavy atom. The Labute approximate surface area is 230 Å². The van der Waals surface area contributed by atoms with Gasteiger partial charge in [-0.05, 0) is 75.8 Å². The normalized spacial score (nSPS) is 15.3. The molecule has 0 bridgehead atoms. The van der Waals surface area contributed by atoms with E-state index in [1.54, 1.807) is 0 Å². The molecule has 1 amide bonds. The summed E-state index contributed by atoms with van der Waals surface area (Å²) < 4.78 is 5.86. The van der Waals surface area contributed by atoms with Crippen LogP contribution in [0.1, 0.15) is 69.4 Å². The van der Waals surface area contributed by atoms with Gasteiger partial charge in [0.05, 0.1) is 0 Å². The van der Waals surface area contributed by atoms with Gasteiger partial charge in [0.2, 0.25) is 5.91 Å². The van der Waals surface area contributed by atoms with Crippen LogP contribution in [-0.4, -0.2) is 25.5 Å². The minimum atomic E-state index is 0.271. The summed E-state index contributed by atoms with van der Waals surface area (Å²) in [6, 6.07) is 29.0. The van der Waals surface area contributed by atoms with Crippen molar-refractivity contribution in [3.05, 3.63) is 96.1 Å². The molecule has 1 saturated heterocycles. The van der Waals surface area contributed by atoms with Gasteiger partial charge < -0.3 is 15.0 Å². The number of amides is 1. The highest BCUT2D eigenvalue weighted by molar-refractivity contribution is 5.78. The second kappa shape index (κ2) is 17.3. The first-order chi connectivity index (χ1) is 18.7. The lowest BCUT2D eigenvalue weighted by Crippen LogP contribution is -2.31. The van der Waals surface area contributed by atoms with Crippen molar-refractivity contribution >= 4 is 11.6 Å². The van der Waals surface area contributed by atoms with E-state index in [2.05, 4.69) is 65.7 Å². The fourth-order valence-electron chi connectivity index (χ4n) is 4.82. The Hall–Kier alpha value is -3.27. The summed E-state index contributed by atoms with van der Waals surface area (Å²) in [6.07, 6.45) is 9.99. The lowest BCUT2D eigenvalue weighted by Gasteiger charge is -2.28. The molecule has 204 valence electrons. The fraction of sp³-hybridized carbons (Fsp3) is 0.441. The molecule has 0 aromatic heterocycles. The van der Waals surface area contributed by atoms with E-state index in [1.807, 2.05) is 43.3 Å². The molecule has 1 heterocycles. The van der Waals surface area contributed by atoms with Crippen LogP contribution < -0.4 is 15.0 Å². The van der Waals surface area contributed by atoms with E-state index >= 15 is 0 Å². The number of anilines is 1. The molecule has 3 aromatic rings. The first-order valence-corrected chi connectivity index (χ1v) is 14.5. The van der Waals surface area contributed by atoms with Gasteiger partial charge in [-0.15, -0.1) is 0 Å². The first kappa shape index (κ1) is 29.3. The van der Waals surface area contributed by atoms with E-state index in [9.17, 15) is 4.79 Å². The Morgan fingerprint density at radius 1 is 0.789 bits per heavy atom. The van der Waals surface area contributed by atoms with Gasteiger partial charge in [-0.2, -0.15) is 0 Å². The number of benzene rings is 3. The molecule has 0 unspecified atom stereocenters. The van der Waals surface area contributed by atoms with Crippen molar-refractivity contribution in [2.24, 2.45) is 5.92 Å². The van der Waals surface area contributed by atoms with Gasteiger partial charge >= 0.3 is 0 Å². The van der Waals surface area contributed by atoms with Gasteiger partial charge in [0.15, 0.2) is 0 Å². The number of nitrogens with one attached hydrogen (secondary N) is 1. The predicted molar refractivity (Wildman–Crippen MR) is 160 cm³/mol. The van der Waals surface area contributed by atoms with Crippen LogP contribution in [0, 0.1) is 12.8 Å². The number of carbonyl (C=O) groups excluding carboxylic acids is 1. The van der Waals surface area contributed by atoms with Gasteiger partial charge in [-0.1, -0.05) is 85.5 Å². The highest BCUT2D eigenvalue weighted by Crippen LogP contribution is 2.24. The summed E-state index contributed by atoms with van der Waals surface area (Å²) >= 11 is 0. The minimum Gasteiger partial charge on any atom is -0.489 e. The summed E-state index contributed by atoms with van der Waals surface area (Å²) in [5.41, 5.74) is 3.81. The maximum Gasteiger partial charge on any atom is 0.223 e. The number of piperidine rings is 1. The lowest BCUT2D eigenvalue weighted by atomic mass is 9.89. The van der Waals surface area contributed by atoms with Crippen LogP contribution in [0.3, 0.4) is 0 Å². The van der Waals surface area contributed by atoms with Crippen LogP contribution in [0.5, 0.6) is 5.75 Å². The Balaban J connectivity index is 0.000000195. The molecule has 0 radical (unpaired) electrons. The summed E-state index contributed by atoms with van der Waals surface area (Å²) in [6.45, 7) is 7.84. The maximum atomic E-state index is 11.3. The summed E-state index contributed by atoms with van der Waals surface area (Å²) in [7, 11) is 0. The van der Waals surface area contributed by atoms with E-state index in [4.69, 9.17) is 4.74 Å². The lowest BCUT2D eigenvalue weighted by molar-refractivity contribution is -0.125. The van der Waals surface area contributed by atoms with Crippen molar-refractivity contribution in [3.8, 4) is 5.75 Å². The molecule has 38 heavy (non-hydrogen) atoms. The van der Waals surface area contributed by atoms with Crippen LogP contribution >= 0.6 is 0 Å². The third-order valence-corrected chi connectivity index (χ3v) is 7.08. The van der Waals surface area contributed by atoms with Gasteiger partial charge in [-0.3, -0.25) is 4.79 Å². The molecule has 3 aromatic carbocycles. The Bertz CT molecular complexity index is 980. The molecular formula is C34H46N2O2. The van der Waals surface area contributed by atoms with E-state index in [1.165, 1.54) is 68.4 Å². The monoisotopic (exact) mass is 514 g/mol. The minimum absolute atomic E-state index is 0.271. The smallest absolute Gasteiger partial charge is 0.223 e. The van der Waals surface area contributed by atoms with Crippen molar-refractivity contribution < 1.29 is 9.53 Å². The molecule has 2 fully saturated rings. The molecule has 1 N–H and O–H groups in total. The van der Waals surface area contributed by atoms with E-state index in [0.29, 0.717) is 12.5 Å². The Kier molecular flexibility index (Phi) is 13.3. The second-order valence-electron chi connectivity index (χ2n) is 10.2. The number of rotatable bonds is 6. The SMILES string of the molecule is CCNC(=O)C1CCCCC1.Cc1ccc(COc2ccc(N3CCCCC3)cc2)cc1.c1ccccc1. The second-order valence-corrected chi connectivity index (χ2v) is 10.2. The van der Waals surface area contributed by atoms with Crippen molar-refractivity contribution in [1.82, 2.24) is 5.32 Å². The molecule has 1 aliphatic carbocycles. The largest absolute Gasteiger partial charge is 0.489 e. The van der Waals surface area contributed by atoms with Crippen LogP contribution in [0.25, 0.3) is 0 Å². The van der Waals surface area contributed by atoms with Gasteiger partial charge in [0.25, 0.3) is 0 Å². The number of nitrogens with zero attached hydrogens (tertiary/aromatic N) is 1. The number of hydrogen-bond acceptors (Lipinski definition) is 3. The average Bonchev–Trinajstić information content (AvgIpc) is 3.00. The molecule has 5 rings (SSSR count). The maximum absolute atomic E-state index is 11.3. The zero-order chi connectivity index (χ0) is 26.8. The van der Waals surface area contributed by atoms with Crippen molar-refractivity contribution in [1.29, 1.82) is 0 Å². The van der Waals surface area contributed by atoms with Gasteiger partial charge in [0, 0.05) is 31.2 Å². The molecular weight excluding hydrogens is 468 g/mol. The third-order valence-electron chi connectivity index (χ3n) is 7.08. The molecule has 4 heteroatoms. The molecule has 1 saturated carbocycles. The van der Waals surface area contributed by atoms with Gasteiger partial charge in [-0.25, -0.2) is 0 Å². The van der Waals surface area contributed by atoms with Gasteiger partial charge in [0.1, 0.15) is 12.4 Å². The summed E-state index contributed by atoms with van der Waals surface area (Å²) in [4.78, 5) is 13.8. The first-order valence-electron chi connectivity index (χ1n) is 14.5. The number of ether oxygens (including phenoxy) is 1. The fourth-order valence-corrected chi connectivity index (χ4v) is 4.82. The summed E-state index contributed by atoms with van der Waals surface area (Å²) in [5.74, 6) is 1.53. The Morgan fingerprint density at radius 2 is 1.34 bits per heavy atom. The highest BCUT2D eigenvalue weighted by atomic mass is 16.5. The third kappa shape index (κ3) is 11.0. The summed E-state index contributed by atoms with van der Waals surface area (Å²) in [5, 5.41) is 2.88. The average molecular weight is 515 g/mol. The number of aryl methyl sites for hydroxylation is 1. The van der Waals surface area contributed by atoms with Crippen molar-refractivity contribution in [3.63, 3.8) is 0 Å². The van der Waals surface area contributed by atoms with Crippen LogP contribution in [0.2, 0.25) is 0 Å².